The maximum Gasteiger partial charge on any atom is 0.490 e. The Hall–Kier alpha value is -3.11. The minimum Gasteiger partial charge on any atom is -0.497 e. The number of hydrogen-bond donors (Lipinski definition) is 1. The Kier molecular flexibility index (Phi) is 8.39. The van der Waals surface area contributed by atoms with Gasteiger partial charge in [0.2, 0.25) is 5.91 Å². The van der Waals surface area contributed by atoms with Crippen molar-refractivity contribution in [2.45, 2.75) is 31.0 Å². The first-order chi connectivity index (χ1) is 16.6. The Morgan fingerprint density at radius 1 is 1.06 bits per heavy atom. The second kappa shape index (κ2) is 11.1. The van der Waals surface area contributed by atoms with Crippen LogP contribution in [0.15, 0.2) is 48.5 Å². The molecule has 2 aromatic carbocycles. The number of fused-ring (bicyclic) bond motifs is 2. The number of carboxylic acids is 1. The predicted molar refractivity (Wildman–Crippen MR) is 124 cm³/mol. The number of carbonyl (C=O) groups is 2. The zero-order chi connectivity index (χ0) is 25.6. The molecule has 1 amide bonds. The van der Waals surface area contributed by atoms with E-state index in [1.807, 2.05) is 23.1 Å². The lowest BCUT2D eigenvalue weighted by Crippen LogP contribution is -2.49. The van der Waals surface area contributed by atoms with Gasteiger partial charge in [-0.1, -0.05) is 30.3 Å². The third-order valence-corrected chi connectivity index (χ3v) is 6.40. The molecule has 0 radical (unpaired) electrons. The number of benzene rings is 2. The molecule has 0 aromatic heterocycles. The van der Waals surface area contributed by atoms with Gasteiger partial charge in [-0.2, -0.15) is 13.2 Å². The molecule has 0 saturated carbocycles. The van der Waals surface area contributed by atoms with Gasteiger partial charge in [0.05, 0.1) is 19.1 Å². The number of likely N-dealkylation sites (tertiary alicyclic amines) is 1. The molecule has 35 heavy (non-hydrogen) atoms. The quantitative estimate of drug-likeness (QED) is 0.657. The average molecular weight is 495 g/mol. The second-order valence-electron chi connectivity index (χ2n) is 8.48. The van der Waals surface area contributed by atoms with Crippen LogP contribution in [0, 0.1) is 0 Å². The SMILES string of the molecule is COCCN1C(=O)C2(CCN(Cc3ccc(OC)cc3)CC2)c2ccccc21.O=C(O)C(F)(F)F. The first kappa shape index (κ1) is 26.5. The summed E-state index contributed by atoms with van der Waals surface area (Å²) in [5, 5.41) is 7.12. The molecule has 10 heteroatoms. The van der Waals surface area contributed by atoms with Gasteiger partial charge in [0.25, 0.3) is 0 Å². The molecule has 4 rings (SSSR count). The molecule has 0 unspecified atom stereocenters. The van der Waals surface area contributed by atoms with Crippen LogP contribution in [0.1, 0.15) is 24.0 Å². The standard InChI is InChI=1S/C23H28N2O3.C2HF3O2/c1-27-16-15-25-21-6-4-3-5-20(21)23(22(25)26)11-13-24(14-12-23)17-18-7-9-19(28-2)10-8-18;3-2(4,5)1(6)7/h3-10H,11-17H2,1-2H3;(H,6,7). The number of ether oxygens (including phenoxy) is 2. The van der Waals surface area contributed by atoms with Gasteiger partial charge in [-0.15, -0.1) is 0 Å². The highest BCUT2D eigenvalue weighted by atomic mass is 19.4. The number of methoxy groups -OCH3 is 2. The second-order valence-corrected chi connectivity index (χ2v) is 8.48. The monoisotopic (exact) mass is 494 g/mol. The number of carboxylic acid groups (broad SMARTS) is 1. The van der Waals surface area contributed by atoms with Crippen LogP contribution in [-0.2, 0) is 26.3 Å². The molecule has 2 aliphatic heterocycles. The molecule has 1 fully saturated rings. The van der Waals surface area contributed by atoms with E-state index in [9.17, 15) is 18.0 Å². The van der Waals surface area contributed by atoms with E-state index in [1.54, 1.807) is 14.2 Å². The molecular formula is C25H29F3N2O5. The molecule has 1 saturated heterocycles. The Bertz CT molecular complexity index is 1020. The van der Waals surface area contributed by atoms with Crippen LogP contribution < -0.4 is 9.64 Å². The van der Waals surface area contributed by atoms with Crippen LogP contribution in [0.4, 0.5) is 18.9 Å². The van der Waals surface area contributed by atoms with E-state index in [-0.39, 0.29) is 11.3 Å². The fourth-order valence-corrected chi connectivity index (χ4v) is 4.57. The van der Waals surface area contributed by atoms with E-state index in [1.165, 1.54) is 11.1 Å². The van der Waals surface area contributed by atoms with E-state index in [0.29, 0.717) is 13.2 Å². The molecule has 0 aliphatic carbocycles. The van der Waals surface area contributed by atoms with Crippen molar-refractivity contribution in [1.29, 1.82) is 0 Å². The third kappa shape index (κ3) is 5.94. The topological polar surface area (TPSA) is 79.3 Å². The lowest BCUT2D eigenvalue weighted by Gasteiger charge is -2.38. The minimum absolute atomic E-state index is 0.245. The number of alkyl halides is 3. The number of amides is 1. The zero-order valence-electron chi connectivity index (χ0n) is 19.7. The van der Waals surface area contributed by atoms with Crippen molar-refractivity contribution >= 4 is 17.6 Å². The van der Waals surface area contributed by atoms with Crippen LogP contribution in [0.5, 0.6) is 5.75 Å². The smallest absolute Gasteiger partial charge is 0.490 e. The van der Waals surface area contributed by atoms with Crippen molar-refractivity contribution in [2.24, 2.45) is 0 Å². The number of para-hydroxylation sites is 1. The Labute approximate surface area is 202 Å². The fraction of sp³-hybridized carbons (Fsp3) is 0.440. The van der Waals surface area contributed by atoms with Gasteiger partial charge >= 0.3 is 12.1 Å². The molecule has 2 aromatic rings. The third-order valence-electron chi connectivity index (χ3n) is 6.40. The number of anilines is 1. The molecule has 190 valence electrons. The van der Waals surface area contributed by atoms with E-state index in [2.05, 4.69) is 35.2 Å². The Morgan fingerprint density at radius 2 is 1.66 bits per heavy atom. The van der Waals surface area contributed by atoms with Gasteiger partial charge in [0, 0.05) is 25.9 Å². The zero-order valence-corrected chi connectivity index (χ0v) is 19.7. The van der Waals surface area contributed by atoms with E-state index in [4.69, 9.17) is 19.4 Å². The lowest BCUT2D eigenvalue weighted by molar-refractivity contribution is -0.192. The van der Waals surface area contributed by atoms with E-state index < -0.39 is 12.1 Å². The summed E-state index contributed by atoms with van der Waals surface area (Å²) in [6.07, 6.45) is -3.36. The summed E-state index contributed by atoms with van der Waals surface area (Å²) < 4.78 is 42.2. The van der Waals surface area contributed by atoms with Crippen molar-refractivity contribution in [1.82, 2.24) is 4.90 Å². The summed E-state index contributed by atoms with van der Waals surface area (Å²) in [4.78, 5) is 26.7. The summed E-state index contributed by atoms with van der Waals surface area (Å²) in [5.41, 5.74) is 3.16. The van der Waals surface area contributed by atoms with Crippen molar-refractivity contribution < 1.29 is 37.3 Å². The molecule has 2 aliphatic rings. The van der Waals surface area contributed by atoms with Gasteiger partial charge in [-0.05, 0) is 55.3 Å². The number of aliphatic carboxylic acids is 1. The number of halogens is 3. The number of piperidine rings is 1. The van der Waals surface area contributed by atoms with Gasteiger partial charge in [0.15, 0.2) is 0 Å². The maximum atomic E-state index is 13.4. The number of hydrogen-bond acceptors (Lipinski definition) is 5. The highest BCUT2D eigenvalue weighted by Crippen LogP contribution is 2.47. The van der Waals surface area contributed by atoms with E-state index >= 15 is 0 Å². The summed E-state index contributed by atoms with van der Waals surface area (Å²) in [6, 6.07) is 16.5. The molecule has 2 heterocycles. The Morgan fingerprint density at radius 3 is 2.20 bits per heavy atom. The molecule has 1 N–H and O–H groups in total. The minimum atomic E-state index is -5.08. The largest absolute Gasteiger partial charge is 0.497 e. The predicted octanol–water partition coefficient (Wildman–Crippen LogP) is 3.86. The normalized spacial score (nSPS) is 17.1. The number of rotatable bonds is 6. The van der Waals surface area contributed by atoms with Gasteiger partial charge in [-0.25, -0.2) is 4.79 Å². The fourth-order valence-electron chi connectivity index (χ4n) is 4.57. The summed E-state index contributed by atoms with van der Waals surface area (Å²) in [6.45, 7) is 3.92. The summed E-state index contributed by atoms with van der Waals surface area (Å²) in [7, 11) is 3.37. The summed E-state index contributed by atoms with van der Waals surface area (Å²) in [5.74, 6) is -1.63. The number of nitrogens with zero attached hydrogens (tertiary/aromatic N) is 2. The van der Waals surface area contributed by atoms with Crippen LogP contribution in [0.25, 0.3) is 0 Å². The van der Waals surface area contributed by atoms with Crippen molar-refractivity contribution in [2.75, 3.05) is 45.4 Å². The first-order valence-corrected chi connectivity index (χ1v) is 11.2. The van der Waals surface area contributed by atoms with Crippen LogP contribution in [0.2, 0.25) is 0 Å². The number of carbonyl (C=O) groups excluding carboxylic acids is 1. The maximum absolute atomic E-state index is 13.4. The molecular weight excluding hydrogens is 465 g/mol. The summed E-state index contributed by atoms with van der Waals surface area (Å²) >= 11 is 0. The molecule has 1 spiro atoms. The van der Waals surface area contributed by atoms with Gasteiger partial charge in [0.1, 0.15) is 5.75 Å². The van der Waals surface area contributed by atoms with Crippen molar-refractivity contribution in [3.05, 3.63) is 59.7 Å². The van der Waals surface area contributed by atoms with E-state index in [0.717, 1.165) is 43.9 Å². The van der Waals surface area contributed by atoms with Crippen LogP contribution in [0.3, 0.4) is 0 Å². The highest BCUT2D eigenvalue weighted by molar-refractivity contribution is 6.08. The first-order valence-electron chi connectivity index (χ1n) is 11.2. The molecule has 0 atom stereocenters. The Balaban J connectivity index is 0.000000429. The van der Waals surface area contributed by atoms with Crippen molar-refractivity contribution in [3.63, 3.8) is 0 Å². The molecule has 0 bridgehead atoms. The average Bonchev–Trinajstić information content (AvgIpc) is 3.07. The molecule has 7 nitrogen and oxygen atoms in total. The van der Waals surface area contributed by atoms with Gasteiger partial charge < -0.3 is 19.5 Å². The van der Waals surface area contributed by atoms with Crippen LogP contribution >= 0.6 is 0 Å². The lowest BCUT2D eigenvalue weighted by atomic mass is 9.73. The van der Waals surface area contributed by atoms with Gasteiger partial charge in [-0.3, -0.25) is 9.69 Å². The van der Waals surface area contributed by atoms with Crippen LogP contribution in [-0.4, -0.2) is 68.5 Å². The highest BCUT2D eigenvalue weighted by Gasteiger charge is 2.51. The van der Waals surface area contributed by atoms with Crippen molar-refractivity contribution in [3.8, 4) is 5.75 Å².